The summed E-state index contributed by atoms with van der Waals surface area (Å²) in [6, 6.07) is 9.95. The summed E-state index contributed by atoms with van der Waals surface area (Å²) in [5, 5.41) is 4.49. The summed E-state index contributed by atoms with van der Waals surface area (Å²) in [5.41, 5.74) is 1.41. The van der Waals surface area contributed by atoms with Crippen LogP contribution in [0.4, 0.5) is 4.79 Å². The molecule has 10 heteroatoms. The molecule has 1 saturated heterocycles. The van der Waals surface area contributed by atoms with Gasteiger partial charge in [0.15, 0.2) is 0 Å². The van der Waals surface area contributed by atoms with Crippen molar-refractivity contribution in [3.8, 4) is 11.3 Å². The molecule has 1 fully saturated rings. The zero-order chi connectivity index (χ0) is 22.7. The Morgan fingerprint density at radius 1 is 1.16 bits per heavy atom. The fraction of sp³-hybridized carbons (Fsp3) is 0.500. The molecule has 0 N–H and O–H groups in total. The molecule has 0 saturated carbocycles. The van der Waals surface area contributed by atoms with Crippen molar-refractivity contribution in [3.63, 3.8) is 0 Å². The quantitative estimate of drug-likeness (QED) is 0.562. The Bertz CT molecular complexity index is 1060. The lowest BCUT2D eigenvalue weighted by Crippen LogP contribution is -2.39. The summed E-state index contributed by atoms with van der Waals surface area (Å²) in [4.78, 5) is 21.7. The molecule has 1 aliphatic rings. The molecule has 1 atom stereocenters. The van der Waals surface area contributed by atoms with Crippen molar-refractivity contribution in [3.05, 3.63) is 36.5 Å². The second-order valence-electron chi connectivity index (χ2n) is 8.80. The van der Waals surface area contributed by atoms with Crippen LogP contribution in [0.2, 0.25) is 0 Å². The molecule has 3 aromatic rings. The van der Waals surface area contributed by atoms with Crippen LogP contribution in [-0.4, -0.2) is 78.8 Å². The number of ether oxygens (including phenoxy) is 1. The van der Waals surface area contributed by atoms with Crippen LogP contribution in [0, 0.1) is 0 Å². The molecule has 0 spiro atoms. The second kappa shape index (κ2) is 9.68. The monoisotopic (exact) mass is 475 g/mol. The van der Waals surface area contributed by atoms with Gasteiger partial charge in [-0.2, -0.15) is 0 Å². The molecule has 0 radical (unpaired) electrons. The number of nitrogens with zero attached hydrogens (tertiary/aromatic N) is 5. The number of aromatic nitrogens is 3. The van der Waals surface area contributed by atoms with Gasteiger partial charge < -0.3 is 14.5 Å². The number of hydrogen-bond donors (Lipinski definition) is 0. The molecule has 3 heterocycles. The van der Waals surface area contributed by atoms with Crippen molar-refractivity contribution < 1.29 is 13.7 Å². The molecule has 0 aliphatic carbocycles. The van der Waals surface area contributed by atoms with E-state index in [0.717, 1.165) is 35.7 Å². The summed E-state index contributed by atoms with van der Waals surface area (Å²) in [6.45, 7) is 9.26. The molecule has 4 rings (SSSR count). The first-order valence-electron chi connectivity index (χ1n) is 10.8. The molecular weight excluding hydrogens is 446 g/mol. The molecule has 1 aromatic carbocycles. The summed E-state index contributed by atoms with van der Waals surface area (Å²) in [5.74, 6) is 0.509. The Hall–Kier alpha value is -2.30. The van der Waals surface area contributed by atoms with E-state index in [4.69, 9.17) is 4.74 Å². The van der Waals surface area contributed by atoms with E-state index in [1.165, 1.54) is 11.3 Å². The minimum absolute atomic E-state index is 0.260. The number of hydrogen-bond acceptors (Lipinski definition) is 7. The Kier molecular flexibility index (Phi) is 6.92. The molecule has 32 heavy (non-hydrogen) atoms. The molecule has 0 bridgehead atoms. The number of rotatable bonds is 5. The van der Waals surface area contributed by atoms with Gasteiger partial charge in [-0.05, 0) is 33.7 Å². The summed E-state index contributed by atoms with van der Waals surface area (Å²) < 4.78 is 20.6. The first-order chi connectivity index (χ1) is 15.3. The zero-order valence-electron chi connectivity index (χ0n) is 18.7. The van der Waals surface area contributed by atoms with Gasteiger partial charge >= 0.3 is 6.09 Å². The van der Waals surface area contributed by atoms with E-state index in [0.29, 0.717) is 29.7 Å². The zero-order valence-corrected chi connectivity index (χ0v) is 20.3. The van der Waals surface area contributed by atoms with E-state index in [2.05, 4.69) is 15.0 Å². The van der Waals surface area contributed by atoms with Crippen LogP contribution in [0.3, 0.4) is 0 Å². The third-order valence-corrected chi connectivity index (χ3v) is 7.67. The van der Waals surface area contributed by atoms with Crippen LogP contribution in [0.5, 0.6) is 0 Å². The number of carbonyl (C=O) groups is 1. The molecule has 1 aliphatic heterocycles. The van der Waals surface area contributed by atoms with E-state index in [9.17, 15) is 9.00 Å². The number of fused-ring (bicyclic) bond motifs is 1. The van der Waals surface area contributed by atoms with Crippen molar-refractivity contribution in [2.45, 2.75) is 37.1 Å². The maximum atomic E-state index is 12.8. The minimum atomic E-state index is -1.18. The Balaban J connectivity index is 1.30. The smallest absolute Gasteiger partial charge is 0.410 e. The highest BCUT2D eigenvalue weighted by atomic mass is 32.2. The van der Waals surface area contributed by atoms with Gasteiger partial charge in [-0.3, -0.25) is 4.21 Å². The van der Waals surface area contributed by atoms with E-state index in [1.54, 1.807) is 9.42 Å². The normalized spacial score (nSPS) is 16.8. The Labute approximate surface area is 194 Å². The average Bonchev–Trinajstić information content (AvgIpc) is 3.23. The highest BCUT2D eigenvalue weighted by Gasteiger charge is 2.25. The topological polar surface area (TPSA) is 80.0 Å². The van der Waals surface area contributed by atoms with Gasteiger partial charge in [0, 0.05) is 37.5 Å². The molecule has 1 amide bonds. The SMILES string of the molecule is CC(C)(C)OC(=O)N1CCCN(CCS(=O)c2nn3cc(-c4ccccc4)nc3s2)CC1. The molecule has 1 unspecified atom stereocenters. The Morgan fingerprint density at radius 3 is 2.66 bits per heavy atom. The van der Waals surface area contributed by atoms with Gasteiger partial charge in [0.2, 0.25) is 9.30 Å². The maximum absolute atomic E-state index is 12.8. The fourth-order valence-electron chi connectivity index (χ4n) is 3.52. The lowest BCUT2D eigenvalue weighted by atomic mass is 10.2. The van der Waals surface area contributed by atoms with E-state index in [-0.39, 0.29) is 6.09 Å². The third-order valence-electron chi connectivity index (χ3n) is 5.12. The largest absolute Gasteiger partial charge is 0.444 e. The van der Waals surface area contributed by atoms with Crippen molar-refractivity contribution in [1.29, 1.82) is 0 Å². The number of carbonyl (C=O) groups excluding carboxylic acids is 1. The predicted molar refractivity (Wildman–Crippen MR) is 126 cm³/mol. The number of imidazole rings is 1. The first-order valence-corrected chi connectivity index (χ1v) is 12.9. The van der Waals surface area contributed by atoms with E-state index < -0.39 is 16.4 Å². The molecule has 172 valence electrons. The predicted octanol–water partition coefficient (Wildman–Crippen LogP) is 3.51. The molecule has 2 aromatic heterocycles. The van der Waals surface area contributed by atoms with Gasteiger partial charge in [0.25, 0.3) is 0 Å². The second-order valence-corrected chi connectivity index (χ2v) is 11.5. The molecular formula is C22H29N5O3S2. The van der Waals surface area contributed by atoms with E-state index >= 15 is 0 Å². The third kappa shape index (κ3) is 5.73. The van der Waals surface area contributed by atoms with Crippen molar-refractivity contribution in [1.82, 2.24) is 24.4 Å². The van der Waals surface area contributed by atoms with Gasteiger partial charge in [0.1, 0.15) is 5.60 Å². The first kappa shape index (κ1) is 22.9. The van der Waals surface area contributed by atoms with Gasteiger partial charge in [-0.1, -0.05) is 41.7 Å². The summed E-state index contributed by atoms with van der Waals surface area (Å²) in [7, 11) is -1.18. The number of benzene rings is 1. The van der Waals surface area contributed by atoms with Crippen molar-refractivity contribution in [2.24, 2.45) is 0 Å². The Morgan fingerprint density at radius 2 is 1.94 bits per heavy atom. The standard InChI is InChI=1S/C22H29N5O3S2/c1-22(2,3)30-21(28)26-11-7-10-25(12-13-26)14-15-32(29)20-24-27-16-18(23-19(27)31-20)17-8-5-4-6-9-17/h4-6,8-9,16H,7,10-15H2,1-3H3. The summed E-state index contributed by atoms with van der Waals surface area (Å²) in [6.07, 6.45) is 2.49. The van der Waals surface area contributed by atoms with Crippen LogP contribution >= 0.6 is 11.3 Å². The number of amides is 1. The lowest BCUT2D eigenvalue weighted by molar-refractivity contribution is 0.0258. The maximum Gasteiger partial charge on any atom is 0.410 e. The van der Waals surface area contributed by atoms with Crippen molar-refractivity contribution >= 4 is 33.2 Å². The van der Waals surface area contributed by atoms with Crippen LogP contribution < -0.4 is 0 Å². The minimum Gasteiger partial charge on any atom is -0.444 e. The highest BCUT2D eigenvalue weighted by molar-refractivity contribution is 7.87. The van der Waals surface area contributed by atoms with Crippen LogP contribution in [0.25, 0.3) is 16.2 Å². The van der Waals surface area contributed by atoms with Crippen LogP contribution in [0.1, 0.15) is 27.2 Å². The lowest BCUT2D eigenvalue weighted by Gasteiger charge is -2.26. The van der Waals surface area contributed by atoms with Crippen LogP contribution in [0.15, 0.2) is 40.9 Å². The van der Waals surface area contributed by atoms with Gasteiger partial charge in [-0.25, -0.2) is 14.3 Å². The van der Waals surface area contributed by atoms with E-state index in [1.807, 2.05) is 57.3 Å². The average molecular weight is 476 g/mol. The highest BCUT2D eigenvalue weighted by Crippen LogP contribution is 2.23. The molecule has 8 nitrogen and oxygen atoms in total. The fourth-order valence-corrected chi connectivity index (χ4v) is 5.76. The van der Waals surface area contributed by atoms with Crippen molar-refractivity contribution in [2.75, 3.05) is 38.5 Å². The van der Waals surface area contributed by atoms with Gasteiger partial charge in [-0.15, -0.1) is 5.10 Å². The van der Waals surface area contributed by atoms with Gasteiger partial charge in [0.05, 0.1) is 22.7 Å². The van der Waals surface area contributed by atoms with Crippen LogP contribution in [-0.2, 0) is 15.5 Å². The summed E-state index contributed by atoms with van der Waals surface area (Å²) >= 11 is 1.37.